The van der Waals surface area contributed by atoms with Crippen LogP contribution in [0.25, 0.3) is 0 Å². The highest BCUT2D eigenvalue weighted by atomic mass is 16.5. The van der Waals surface area contributed by atoms with Crippen LogP contribution in [-0.2, 0) is 12.8 Å². The summed E-state index contributed by atoms with van der Waals surface area (Å²) in [5.74, 6) is 8.72. The summed E-state index contributed by atoms with van der Waals surface area (Å²) in [6.45, 7) is -0.530. The number of ether oxygens (including phenoxy) is 6. The van der Waals surface area contributed by atoms with Crippen LogP contribution in [-0.4, -0.2) is 66.1 Å². The van der Waals surface area contributed by atoms with Gasteiger partial charge < -0.3 is 38.6 Å². The lowest BCUT2D eigenvalue weighted by Gasteiger charge is -2.17. The molecule has 0 saturated carbocycles. The number of aliphatic hydroxyl groups excluding tert-OH is 2. The van der Waals surface area contributed by atoms with Gasteiger partial charge in [0.1, 0.15) is 6.61 Å². The summed E-state index contributed by atoms with van der Waals surface area (Å²) in [7, 11) is 9.28. The first-order valence-electron chi connectivity index (χ1n) is 10.5. The Morgan fingerprint density at radius 3 is 1.38 bits per heavy atom. The Bertz CT molecular complexity index is 1010. The Hall–Kier alpha value is -3.54. The van der Waals surface area contributed by atoms with E-state index in [1.807, 2.05) is 24.3 Å². The van der Waals surface area contributed by atoms with Gasteiger partial charge in [-0.15, -0.1) is 0 Å². The van der Waals surface area contributed by atoms with Crippen LogP contribution in [0, 0.1) is 11.8 Å². The van der Waals surface area contributed by atoms with E-state index in [2.05, 4.69) is 11.8 Å². The first-order valence-corrected chi connectivity index (χ1v) is 10.5. The fraction of sp³-hybridized carbons (Fsp3) is 0.385. The zero-order valence-electron chi connectivity index (χ0n) is 20.5. The summed E-state index contributed by atoms with van der Waals surface area (Å²) in [6.07, 6.45) is 0.761. The average molecular weight is 473 g/mol. The van der Waals surface area contributed by atoms with Gasteiger partial charge >= 0.3 is 0 Å². The van der Waals surface area contributed by atoms with E-state index < -0.39 is 0 Å². The van der Waals surface area contributed by atoms with E-state index in [1.54, 1.807) is 42.7 Å². The number of hydrogen-bond donors (Lipinski definition) is 2. The van der Waals surface area contributed by atoms with Crippen LogP contribution in [0.1, 0.15) is 11.1 Å². The quantitative estimate of drug-likeness (QED) is 0.482. The van der Waals surface area contributed by atoms with Crippen LogP contribution in [0.3, 0.4) is 0 Å². The molecular formula is C26H32O8. The zero-order valence-corrected chi connectivity index (χ0v) is 20.5. The highest BCUT2D eigenvalue weighted by Gasteiger charge is 2.17. The fourth-order valence-electron chi connectivity index (χ4n) is 3.59. The Balaban J connectivity index is 2.56. The molecule has 184 valence electrons. The third kappa shape index (κ3) is 6.28. The standard InChI is InChI=1S/C26H32O8/c1-29-21-12-17(13-22(30-2)25(21)33-5)10-19(8-7-9-27)20(16-28)11-18-14-23(31-3)26(34-6)24(15-18)32-4/h12-15,27-28H,9-11,16H2,1-6H3/b20-19-. The molecule has 0 aromatic heterocycles. The van der Waals surface area contributed by atoms with Crippen molar-refractivity contribution in [2.45, 2.75) is 12.8 Å². The Kier molecular flexibility index (Phi) is 10.4. The van der Waals surface area contributed by atoms with E-state index >= 15 is 0 Å². The Morgan fingerprint density at radius 2 is 1.06 bits per heavy atom. The van der Waals surface area contributed by atoms with Gasteiger partial charge in [0, 0.05) is 12.0 Å². The Morgan fingerprint density at radius 1 is 0.647 bits per heavy atom. The van der Waals surface area contributed by atoms with Gasteiger partial charge in [0.05, 0.1) is 49.3 Å². The van der Waals surface area contributed by atoms with Crippen molar-refractivity contribution in [3.8, 4) is 46.3 Å². The monoisotopic (exact) mass is 472 g/mol. The van der Waals surface area contributed by atoms with E-state index in [-0.39, 0.29) is 13.2 Å². The third-order valence-corrected chi connectivity index (χ3v) is 5.18. The molecule has 0 aliphatic carbocycles. The second-order valence-electron chi connectivity index (χ2n) is 7.12. The highest BCUT2D eigenvalue weighted by Crippen LogP contribution is 2.40. The summed E-state index contributed by atoms with van der Waals surface area (Å²) >= 11 is 0. The smallest absolute Gasteiger partial charge is 0.203 e. The molecule has 0 fully saturated rings. The van der Waals surface area contributed by atoms with Crippen molar-refractivity contribution in [3.63, 3.8) is 0 Å². The Labute approximate surface area is 200 Å². The van der Waals surface area contributed by atoms with E-state index in [4.69, 9.17) is 28.4 Å². The van der Waals surface area contributed by atoms with Crippen LogP contribution >= 0.6 is 0 Å². The normalized spacial score (nSPS) is 11.1. The summed E-state index contributed by atoms with van der Waals surface area (Å²) in [5.41, 5.74) is 3.03. The predicted octanol–water partition coefficient (Wildman–Crippen LogP) is 2.81. The first kappa shape index (κ1) is 26.7. The minimum atomic E-state index is -0.304. The van der Waals surface area contributed by atoms with Gasteiger partial charge in [-0.25, -0.2) is 0 Å². The van der Waals surface area contributed by atoms with Crippen molar-refractivity contribution >= 4 is 0 Å². The number of hydrogen-bond acceptors (Lipinski definition) is 8. The van der Waals surface area contributed by atoms with E-state index in [0.29, 0.717) is 58.5 Å². The molecule has 34 heavy (non-hydrogen) atoms. The van der Waals surface area contributed by atoms with E-state index in [1.165, 1.54) is 0 Å². The van der Waals surface area contributed by atoms with Gasteiger partial charge in [-0.05, 0) is 47.4 Å². The molecule has 8 nitrogen and oxygen atoms in total. The summed E-state index contributed by atoms with van der Waals surface area (Å²) in [4.78, 5) is 0. The molecule has 0 amide bonds. The van der Waals surface area contributed by atoms with Gasteiger partial charge in [0.25, 0.3) is 0 Å². The maximum atomic E-state index is 10.2. The number of aliphatic hydroxyl groups is 2. The minimum absolute atomic E-state index is 0.226. The third-order valence-electron chi connectivity index (χ3n) is 5.18. The lowest BCUT2D eigenvalue weighted by molar-refractivity contribution is 0.322. The molecule has 0 aliphatic rings. The van der Waals surface area contributed by atoms with Gasteiger partial charge in [0.15, 0.2) is 23.0 Å². The van der Waals surface area contributed by atoms with Crippen molar-refractivity contribution in [2.75, 3.05) is 55.9 Å². The van der Waals surface area contributed by atoms with Crippen molar-refractivity contribution in [2.24, 2.45) is 0 Å². The first-order chi connectivity index (χ1) is 16.5. The number of methoxy groups -OCH3 is 6. The van der Waals surface area contributed by atoms with Crippen LogP contribution in [0.15, 0.2) is 35.4 Å². The minimum Gasteiger partial charge on any atom is -0.493 e. The molecule has 0 bridgehead atoms. The van der Waals surface area contributed by atoms with Gasteiger partial charge in [-0.2, -0.15) is 0 Å². The molecule has 2 rings (SSSR count). The van der Waals surface area contributed by atoms with E-state index in [9.17, 15) is 10.2 Å². The number of rotatable bonds is 11. The topological polar surface area (TPSA) is 95.8 Å². The van der Waals surface area contributed by atoms with Crippen molar-refractivity contribution in [1.82, 2.24) is 0 Å². The predicted molar refractivity (Wildman–Crippen MR) is 129 cm³/mol. The van der Waals surface area contributed by atoms with Gasteiger partial charge in [0.2, 0.25) is 11.5 Å². The van der Waals surface area contributed by atoms with Crippen LogP contribution in [0.2, 0.25) is 0 Å². The molecule has 0 unspecified atom stereocenters. The second-order valence-corrected chi connectivity index (χ2v) is 7.12. The summed E-state index contributed by atoms with van der Waals surface area (Å²) in [5, 5.41) is 19.5. The lowest BCUT2D eigenvalue weighted by Crippen LogP contribution is -2.05. The fourth-order valence-corrected chi connectivity index (χ4v) is 3.59. The largest absolute Gasteiger partial charge is 0.493 e. The molecule has 0 spiro atoms. The highest BCUT2D eigenvalue weighted by molar-refractivity contribution is 5.56. The molecule has 2 aromatic rings. The number of allylic oxidation sites excluding steroid dienone is 1. The molecule has 8 heteroatoms. The van der Waals surface area contributed by atoms with Crippen LogP contribution in [0.4, 0.5) is 0 Å². The molecule has 0 saturated heterocycles. The van der Waals surface area contributed by atoms with Crippen LogP contribution < -0.4 is 28.4 Å². The van der Waals surface area contributed by atoms with Crippen molar-refractivity contribution in [1.29, 1.82) is 0 Å². The summed E-state index contributed by atoms with van der Waals surface area (Å²) in [6, 6.07) is 7.31. The second kappa shape index (κ2) is 13.2. The van der Waals surface area contributed by atoms with Crippen molar-refractivity contribution in [3.05, 3.63) is 46.5 Å². The molecule has 2 aromatic carbocycles. The SMILES string of the molecule is COc1cc(C/C(C#CCO)=C(\CO)Cc2cc(OC)c(OC)c(OC)c2)cc(OC)c1OC. The molecule has 0 heterocycles. The molecule has 0 radical (unpaired) electrons. The lowest BCUT2D eigenvalue weighted by atomic mass is 9.95. The maximum absolute atomic E-state index is 10.2. The average Bonchev–Trinajstić information content (AvgIpc) is 2.88. The number of benzene rings is 2. The zero-order chi connectivity index (χ0) is 25.1. The molecule has 0 atom stereocenters. The molecule has 2 N–H and O–H groups in total. The molecule has 0 aliphatic heterocycles. The summed E-state index contributed by atoms with van der Waals surface area (Å²) < 4.78 is 32.6. The van der Waals surface area contributed by atoms with Crippen LogP contribution in [0.5, 0.6) is 34.5 Å². The van der Waals surface area contributed by atoms with Gasteiger partial charge in [-0.1, -0.05) is 11.8 Å². The van der Waals surface area contributed by atoms with E-state index in [0.717, 1.165) is 11.1 Å². The maximum Gasteiger partial charge on any atom is 0.203 e. The molecular weight excluding hydrogens is 440 g/mol. The van der Waals surface area contributed by atoms with Crippen molar-refractivity contribution < 1.29 is 38.6 Å². The van der Waals surface area contributed by atoms with Gasteiger partial charge in [-0.3, -0.25) is 0 Å².